The fourth-order valence-electron chi connectivity index (χ4n) is 4.44. The van der Waals surface area contributed by atoms with Gasteiger partial charge in [-0.1, -0.05) is 36.4 Å². The summed E-state index contributed by atoms with van der Waals surface area (Å²) in [5.74, 6) is -0.851. The number of nitrogens with two attached hydrogens (primary N) is 1. The van der Waals surface area contributed by atoms with Crippen LogP contribution in [-0.4, -0.2) is 54.7 Å². The van der Waals surface area contributed by atoms with Gasteiger partial charge in [-0.05, 0) is 48.1 Å². The van der Waals surface area contributed by atoms with Crippen LogP contribution in [0.4, 0.5) is 4.39 Å². The minimum atomic E-state index is -1.25. The van der Waals surface area contributed by atoms with E-state index in [1.807, 2.05) is 24.3 Å². The number of amides is 2. The van der Waals surface area contributed by atoms with E-state index in [0.717, 1.165) is 36.1 Å². The molecule has 0 aliphatic carbocycles. The van der Waals surface area contributed by atoms with Crippen LogP contribution in [0, 0.1) is 5.82 Å². The Morgan fingerprint density at radius 1 is 1.06 bits per heavy atom. The molecule has 170 valence electrons. The number of morpholine rings is 1. The van der Waals surface area contributed by atoms with Gasteiger partial charge in [-0.15, -0.1) is 0 Å². The van der Waals surface area contributed by atoms with Crippen molar-refractivity contribution in [3.8, 4) is 11.1 Å². The smallest absolute Gasteiger partial charge is 0.251 e. The van der Waals surface area contributed by atoms with Crippen molar-refractivity contribution in [2.75, 3.05) is 26.3 Å². The van der Waals surface area contributed by atoms with Crippen LogP contribution >= 0.6 is 0 Å². The van der Waals surface area contributed by atoms with Crippen molar-refractivity contribution >= 4 is 11.8 Å². The number of hydrogen-bond acceptors (Lipinski definition) is 4. The molecule has 0 bridgehead atoms. The summed E-state index contributed by atoms with van der Waals surface area (Å²) in [7, 11) is 0. The van der Waals surface area contributed by atoms with E-state index in [-0.39, 0.29) is 37.4 Å². The van der Waals surface area contributed by atoms with Crippen LogP contribution in [0.15, 0.2) is 48.5 Å². The largest absolute Gasteiger partial charge is 0.378 e. The second-order valence-electron chi connectivity index (χ2n) is 8.58. The first-order valence-corrected chi connectivity index (χ1v) is 11.1. The molecule has 4 rings (SSSR count). The van der Waals surface area contributed by atoms with E-state index in [9.17, 15) is 14.0 Å². The van der Waals surface area contributed by atoms with E-state index in [1.165, 1.54) is 12.1 Å². The highest BCUT2D eigenvalue weighted by Crippen LogP contribution is 2.27. The van der Waals surface area contributed by atoms with Crippen molar-refractivity contribution in [1.29, 1.82) is 0 Å². The number of hydrogen-bond donors (Lipinski definition) is 1. The van der Waals surface area contributed by atoms with Crippen LogP contribution in [0.5, 0.6) is 0 Å². The highest BCUT2D eigenvalue weighted by atomic mass is 19.1. The van der Waals surface area contributed by atoms with Gasteiger partial charge in [0, 0.05) is 26.0 Å². The molecule has 2 fully saturated rings. The number of nitrogens with zero attached hydrogens (tertiary/aromatic N) is 1. The van der Waals surface area contributed by atoms with E-state index in [2.05, 4.69) is 0 Å². The van der Waals surface area contributed by atoms with Gasteiger partial charge in [0.25, 0.3) is 5.91 Å². The average molecular weight is 441 g/mol. The second-order valence-corrected chi connectivity index (χ2v) is 8.58. The average Bonchev–Trinajstić information content (AvgIpc) is 3.32. The molecule has 7 heteroatoms. The predicted molar refractivity (Wildman–Crippen MR) is 118 cm³/mol. The van der Waals surface area contributed by atoms with E-state index in [1.54, 1.807) is 17.0 Å². The van der Waals surface area contributed by atoms with Crippen LogP contribution in [0.25, 0.3) is 11.1 Å². The van der Waals surface area contributed by atoms with Crippen molar-refractivity contribution in [2.24, 2.45) is 5.73 Å². The SMILES string of the molecule is NC(=O)[C@]1(Cc2ccc(-c3ccc(F)cc3)cc2)CN(C(=O)CC[C@H]2CCCO2)CCO1. The molecule has 0 saturated carbocycles. The molecule has 2 aliphatic rings. The van der Waals surface area contributed by atoms with Gasteiger partial charge in [0.1, 0.15) is 5.82 Å². The second kappa shape index (κ2) is 9.79. The zero-order valence-corrected chi connectivity index (χ0v) is 18.1. The normalized spacial score (nSPS) is 23.3. The number of primary amides is 1. The van der Waals surface area contributed by atoms with Gasteiger partial charge in [-0.3, -0.25) is 9.59 Å². The van der Waals surface area contributed by atoms with Crippen LogP contribution in [0.1, 0.15) is 31.2 Å². The molecule has 0 spiro atoms. The molecule has 2 aromatic rings. The maximum Gasteiger partial charge on any atom is 0.251 e. The monoisotopic (exact) mass is 440 g/mol. The first kappa shape index (κ1) is 22.4. The molecule has 0 aromatic heterocycles. The van der Waals surface area contributed by atoms with E-state index < -0.39 is 11.5 Å². The van der Waals surface area contributed by atoms with E-state index >= 15 is 0 Å². The molecular weight excluding hydrogens is 411 g/mol. The van der Waals surface area contributed by atoms with Gasteiger partial charge >= 0.3 is 0 Å². The fourth-order valence-corrected chi connectivity index (χ4v) is 4.44. The third-order valence-electron chi connectivity index (χ3n) is 6.31. The topological polar surface area (TPSA) is 81.9 Å². The van der Waals surface area contributed by atoms with Crippen molar-refractivity contribution in [3.05, 3.63) is 59.9 Å². The molecule has 0 radical (unpaired) electrons. The number of rotatable bonds is 7. The van der Waals surface area contributed by atoms with Gasteiger partial charge in [0.05, 0.1) is 19.3 Å². The quantitative estimate of drug-likeness (QED) is 0.717. The summed E-state index contributed by atoms with van der Waals surface area (Å²) in [5, 5.41) is 0. The van der Waals surface area contributed by atoms with Crippen molar-refractivity contribution in [3.63, 3.8) is 0 Å². The standard InChI is InChI=1S/C25H29FN2O4/c26-21-9-7-20(8-10-21)19-5-3-18(4-6-19)16-25(24(27)30)17-28(13-15-32-25)23(29)12-11-22-2-1-14-31-22/h3-10,22H,1-2,11-17H2,(H2,27,30)/t22-,25+/m1/s1. The molecule has 2 heterocycles. The predicted octanol–water partition coefficient (Wildman–Crippen LogP) is 3.08. The molecule has 0 unspecified atom stereocenters. The van der Waals surface area contributed by atoms with Gasteiger partial charge in [-0.2, -0.15) is 0 Å². The minimum absolute atomic E-state index is 0.00100. The summed E-state index contributed by atoms with van der Waals surface area (Å²) in [6.07, 6.45) is 3.56. The number of ether oxygens (including phenoxy) is 2. The lowest BCUT2D eigenvalue weighted by Crippen LogP contribution is -2.61. The van der Waals surface area contributed by atoms with Crippen molar-refractivity contribution in [1.82, 2.24) is 4.90 Å². The Morgan fingerprint density at radius 3 is 2.38 bits per heavy atom. The summed E-state index contributed by atoms with van der Waals surface area (Å²) < 4.78 is 24.7. The molecule has 2 N–H and O–H groups in total. The van der Waals surface area contributed by atoms with Crippen LogP contribution in [-0.2, 0) is 25.5 Å². The Bertz CT molecular complexity index is 941. The summed E-state index contributed by atoms with van der Waals surface area (Å²) in [4.78, 5) is 26.9. The number of halogens is 1. The third-order valence-corrected chi connectivity index (χ3v) is 6.31. The number of carbonyl (C=O) groups is 2. The minimum Gasteiger partial charge on any atom is -0.378 e. The third kappa shape index (κ3) is 5.16. The Kier molecular flexibility index (Phi) is 6.86. The van der Waals surface area contributed by atoms with Gasteiger partial charge in [0.15, 0.2) is 5.60 Å². The Morgan fingerprint density at radius 2 is 1.75 bits per heavy atom. The summed E-state index contributed by atoms with van der Waals surface area (Å²) >= 11 is 0. The van der Waals surface area contributed by atoms with Crippen molar-refractivity contribution in [2.45, 2.75) is 43.8 Å². The fraction of sp³-hybridized carbons (Fsp3) is 0.440. The maximum absolute atomic E-state index is 13.2. The molecule has 2 amide bonds. The molecule has 2 atom stereocenters. The molecule has 2 aliphatic heterocycles. The molecule has 6 nitrogen and oxygen atoms in total. The summed E-state index contributed by atoms with van der Waals surface area (Å²) in [6, 6.07) is 13.9. The highest BCUT2D eigenvalue weighted by molar-refractivity contribution is 5.86. The van der Waals surface area contributed by atoms with Gasteiger partial charge in [-0.25, -0.2) is 4.39 Å². The van der Waals surface area contributed by atoms with Gasteiger partial charge in [0.2, 0.25) is 5.91 Å². The van der Waals surface area contributed by atoms with Gasteiger partial charge < -0.3 is 20.1 Å². The Balaban J connectivity index is 1.42. The lowest BCUT2D eigenvalue weighted by atomic mass is 9.90. The Labute approximate surface area is 187 Å². The van der Waals surface area contributed by atoms with Crippen LogP contribution < -0.4 is 5.73 Å². The molecular formula is C25H29FN2O4. The lowest BCUT2D eigenvalue weighted by Gasteiger charge is -2.41. The first-order chi connectivity index (χ1) is 15.4. The van der Waals surface area contributed by atoms with Crippen molar-refractivity contribution < 1.29 is 23.5 Å². The van der Waals surface area contributed by atoms with E-state index in [0.29, 0.717) is 19.4 Å². The zero-order valence-electron chi connectivity index (χ0n) is 18.1. The molecule has 32 heavy (non-hydrogen) atoms. The molecule has 2 aromatic carbocycles. The first-order valence-electron chi connectivity index (χ1n) is 11.1. The lowest BCUT2D eigenvalue weighted by molar-refractivity contribution is -0.163. The van der Waals surface area contributed by atoms with Crippen LogP contribution in [0.2, 0.25) is 0 Å². The van der Waals surface area contributed by atoms with Crippen LogP contribution in [0.3, 0.4) is 0 Å². The Hall–Kier alpha value is -2.77. The maximum atomic E-state index is 13.2. The van der Waals surface area contributed by atoms with E-state index in [4.69, 9.17) is 15.2 Å². The zero-order chi connectivity index (χ0) is 22.6. The number of carbonyl (C=O) groups excluding carboxylic acids is 2. The summed E-state index contributed by atoms with van der Waals surface area (Å²) in [6.45, 7) is 1.62. The highest BCUT2D eigenvalue weighted by Gasteiger charge is 2.43. The summed E-state index contributed by atoms with van der Waals surface area (Å²) in [5.41, 5.74) is 7.23. The molecule has 2 saturated heterocycles. The number of benzene rings is 2.